The molecule has 2 aliphatic rings. The first kappa shape index (κ1) is 22.6. The summed E-state index contributed by atoms with van der Waals surface area (Å²) in [6.45, 7) is 4.55. The van der Waals surface area contributed by atoms with Crippen LogP contribution in [-0.4, -0.2) is 95.1 Å². The van der Waals surface area contributed by atoms with Crippen LogP contribution in [0.5, 0.6) is 0 Å². The van der Waals surface area contributed by atoms with Gasteiger partial charge in [-0.2, -0.15) is 4.31 Å². The predicted molar refractivity (Wildman–Crippen MR) is 112 cm³/mol. The highest BCUT2D eigenvalue weighted by atomic mass is 32.2. The highest BCUT2D eigenvalue weighted by Crippen LogP contribution is 2.22. The molecule has 0 aromatic heterocycles. The molecule has 0 spiro atoms. The summed E-state index contributed by atoms with van der Waals surface area (Å²) in [7, 11) is -6.94. The van der Waals surface area contributed by atoms with E-state index < -0.39 is 20.0 Å². The van der Waals surface area contributed by atoms with E-state index in [1.165, 1.54) is 14.9 Å². The van der Waals surface area contributed by atoms with Crippen molar-refractivity contribution in [1.82, 2.24) is 13.5 Å². The molecule has 0 amide bonds. The van der Waals surface area contributed by atoms with E-state index in [1.54, 1.807) is 12.1 Å². The fourth-order valence-corrected chi connectivity index (χ4v) is 6.70. The molecule has 2 saturated heterocycles. The summed E-state index contributed by atoms with van der Waals surface area (Å²) in [4.78, 5) is 2.19. The van der Waals surface area contributed by atoms with Crippen molar-refractivity contribution in [2.75, 3.05) is 58.7 Å². The molecule has 0 radical (unpaired) electrons. The standard InChI is InChI=1S/C19H31N3O5S2/c1-28(23,24)22(11-10-20-12-14-27-15-13-20)19-8-5-9-21(16-19)29(25,26)17-18-6-3-2-4-7-18/h2-4,6-7,19H,5,8-17H2,1H3. The van der Waals surface area contributed by atoms with Crippen molar-refractivity contribution < 1.29 is 21.6 Å². The van der Waals surface area contributed by atoms with Gasteiger partial charge in [-0.3, -0.25) is 4.90 Å². The van der Waals surface area contributed by atoms with Crippen molar-refractivity contribution in [1.29, 1.82) is 0 Å². The maximum Gasteiger partial charge on any atom is 0.218 e. The molecule has 2 fully saturated rings. The number of benzene rings is 1. The van der Waals surface area contributed by atoms with Gasteiger partial charge in [-0.05, 0) is 18.4 Å². The van der Waals surface area contributed by atoms with Gasteiger partial charge in [-0.15, -0.1) is 0 Å². The van der Waals surface area contributed by atoms with Gasteiger partial charge in [0, 0.05) is 45.3 Å². The van der Waals surface area contributed by atoms with E-state index in [0.29, 0.717) is 45.7 Å². The van der Waals surface area contributed by atoms with Crippen molar-refractivity contribution in [2.45, 2.75) is 24.6 Å². The second-order valence-corrected chi connectivity index (χ2v) is 11.6. The van der Waals surface area contributed by atoms with Gasteiger partial charge in [0.25, 0.3) is 0 Å². The summed E-state index contributed by atoms with van der Waals surface area (Å²) in [6.07, 6.45) is 2.54. The van der Waals surface area contributed by atoms with Crippen LogP contribution in [0.3, 0.4) is 0 Å². The predicted octanol–water partition coefficient (Wildman–Crippen LogP) is 0.575. The molecule has 2 heterocycles. The first-order chi connectivity index (χ1) is 13.8. The van der Waals surface area contributed by atoms with E-state index in [0.717, 1.165) is 18.7 Å². The van der Waals surface area contributed by atoms with E-state index in [1.807, 2.05) is 18.2 Å². The molecule has 8 nitrogen and oxygen atoms in total. The van der Waals surface area contributed by atoms with Crippen molar-refractivity contribution >= 4 is 20.0 Å². The first-order valence-corrected chi connectivity index (χ1v) is 13.5. The molecule has 1 atom stereocenters. The monoisotopic (exact) mass is 445 g/mol. The molecule has 0 aliphatic carbocycles. The Morgan fingerprint density at radius 1 is 1.07 bits per heavy atom. The van der Waals surface area contributed by atoms with Gasteiger partial charge in [-0.1, -0.05) is 30.3 Å². The summed E-state index contributed by atoms with van der Waals surface area (Å²) in [5.41, 5.74) is 0.738. The maximum atomic E-state index is 12.9. The van der Waals surface area contributed by atoms with Crippen molar-refractivity contribution in [3.63, 3.8) is 0 Å². The van der Waals surface area contributed by atoms with Crippen molar-refractivity contribution in [3.8, 4) is 0 Å². The minimum atomic E-state index is -3.50. The zero-order valence-corrected chi connectivity index (χ0v) is 18.6. The minimum Gasteiger partial charge on any atom is -0.379 e. The molecular formula is C19H31N3O5S2. The summed E-state index contributed by atoms with van der Waals surface area (Å²) in [6, 6.07) is 8.76. The Bertz CT molecular complexity index is 855. The lowest BCUT2D eigenvalue weighted by molar-refractivity contribution is 0.0345. The first-order valence-electron chi connectivity index (χ1n) is 10.0. The van der Waals surface area contributed by atoms with Gasteiger partial charge >= 0.3 is 0 Å². The molecule has 3 rings (SSSR count). The van der Waals surface area contributed by atoms with Crippen LogP contribution in [0.2, 0.25) is 0 Å². The van der Waals surface area contributed by atoms with Crippen LogP contribution in [0.25, 0.3) is 0 Å². The number of hydrogen-bond donors (Lipinski definition) is 0. The zero-order valence-electron chi connectivity index (χ0n) is 16.9. The van der Waals surface area contributed by atoms with Crippen LogP contribution in [0.4, 0.5) is 0 Å². The van der Waals surface area contributed by atoms with Gasteiger partial charge < -0.3 is 4.74 Å². The second-order valence-electron chi connectivity index (χ2n) is 7.72. The summed E-state index contributed by atoms with van der Waals surface area (Å²) >= 11 is 0. The van der Waals surface area contributed by atoms with Crippen LogP contribution >= 0.6 is 0 Å². The van der Waals surface area contributed by atoms with E-state index >= 15 is 0 Å². The average molecular weight is 446 g/mol. The highest BCUT2D eigenvalue weighted by molar-refractivity contribution is 7.88. The number of piperidine rings is 1. The molecule has 164 valence electrons. The number of morpholine rings is 1. The molecule has 0 N–H and O–H groups in total. The summed E-state index contributed by atoms with van der Waals surface area (Å²) < 4.78 is 59.1. The zero-order chi connectivity index (χ0) is 20.9. The van der Waals surface area contributed by atoms with Gasteiger partial charge in [0.1, 0.15) is 0 Å². The maximum absolute atomic E-state index is 12.9. The quantitative estimate of drug-likeness (QED) is 0.582. The fourth-order valence-electron chi connectivity index (χ4n) is 3.97. The third-order valence-corrected chi connectivity index (χ3v) is 8.67. The van der Waals surface area contributed by atoms with Crippen LogP contribution in [0.15, 0.2) is 30.3 Å². The number of sulfonamides is 2. The lowest BCUT2D eigenvalue weighted by Crippen LogP contribution is -2.53. The van der Waals surface area contributed by atoms with Gasteiger partial charge in [0.2, 0.25) is 20.0 Å². The Morgan fingerprint density at radius 2 is 1.76 bits per heavy atom. The van der Waals surface area contributed by atoms with Crippen molar-refractivity contribution in [3.05, 3.63) is 35.9 Å². The average Bonchev–Trinajstić information content (AvgIpc) is 2.69. The molecule has 1 aromatic rings. The molecule has 0 bridgehead atoms. The minimum absolute atomic E-state index is 0.0623. The van der Waals surface area contributed by atoms with Crippen molar-refractivity contribution in [2.24, 2.45) is 0 Å². The third-order valence-electron chi connectivity index (χ3n) is 5.52. The largest absolute Gasteiger partial charge is 0.379 e. The van der Waals surface area contributed by atoms with E-state index in [2.05, 4.69) is 4.90 Å². The molecule has 2 aliphatic heterocycles. The summed E-state index contributed by atoms with van der Waals surface area (Å²) in [5, 5.41) is 0. The van der Waals surface area contributed by atoms with Crippen LogP contribution in [0, 0.1) is 0 Å². The Morgan fingerprint density at radius 3 is 2.41 bits per heavy atom. The molecule has 29 heavy (non-hydrogen) atoms. The summed E-state index contributed by atoms with van der Waals surface area (Å²) in [5.74, 6) is -0.0623. The SMILES string of the molecule is CS(=O)(=O)N(CCN1CCOCC1)C1CCCN(S(=O)(=O)Cc2ccccc2)C1. The third kappa shape index (κ3) is 6.47. The lowest BCUT2D eigenvalue weighted by atomic mass is 10.1. The van der Waals surface area contributed by atoms with E-state index in [-0.39, 0.29) is 18.3 Å². The van der Waals surface area contributed by atoms with Gasteiger partial charge in [0.15, 0.2) is 0 Å². The topological polar surface area (TPSA) is 87.2 Å². The van der Waals surface area contributed by atoms with Crippen LogP contribution in [-0.2, 0) is 30.5 Å². The Kier molecular flexibility index (Phi) is 7.69. The lowest BCUT2D eigenvalue weighted by Gasteiger charge is -2.38. The van der Waals surface area contributed by atoms with Gasteiger partial charge in [-0.25, -0.2) is 21.1 Å². The molecule has 1 unspecified atom stereocenters. The number of nitrogens with zero attached hydrogens (tertiary/aromatic N) is 3. The number of ether oxygens (including phenoxy) is 1. The number of rotatable bonds is 8. The Labute approximate surface area is 174 Å². The molecule has 1 aromatic carbocycles. The smallest absolute Gasteiger partial charge is 0.218 e. The fraction of sp³-hybridized carbons (Fsp3) is 0.684. The molecule has 0 saturated carbocycles. The molecule has 10 heteroatoms. The Balaban J connectivity index is 1.67. The van der Waals surface area contributed by atoms with E-state index in [9.17, 15) is 16.8 Å². The van der Waals surface area contributed by atoms with Crippen LogP contribution in [0.1, 0.15) is 18.4 Å². The Hall–Kier alpha value is -1.04. The normalized spacial score (nSPS) is 22.8. The molecular weight excluding hydrogens is 414 g/mol. The number of hydrogen-bond acceptors (Lipinski definition) is 6. The second kappa shape index (κ2) is 9.84. The highest BCUT2D eigenvalue weighted by Gasteiger charge is 2.35. The van der Waals surface area contributed by atoms with E-state index in [4.69, 9.17) is 4.74 Å². The van der Waals surface area contributed by atoms with Gasteiger partial charge in [0.05, 0.1) is 25.2 Å². The van der Waals surface area contributed by atoms with Crippen LogP contribution < -0.4 is 0 Å².